The maximum absolute atomic E-state index is 11.7. The van der Waals surface area contributed by atoms with Gasteiger partial charge in [0.15, 0.2) is 0 Å². The maximum atomic E-state index is 11.7. The number of hydrogen-bond acceptors (Lipinski definition) is 5. The lowest BCUT2D eigenvalue weighted by Gasteiger charge is -2.08. The molecule has 0 saturated heterocycles. The highest BCUT2D eigenvalue weighted by Crippen LogP contribution is 2.16. The van der Waals surface area contributed by atoms with Gasteiger partial charge in [-0.15, -0.1) is 0 Å². The summed E-state index contributed by atoms with van der Waals surface area (Å²) >= 11 is 0. The monoisotopic (exact) mass is 289 g/mol. The smallest absolute Gasteiger partial charge is 0.339 e. The minimum atomic E-state index is -0.489. The number of carbonyl (C=O) groups excluding carboxylic acids is 2. The van der Waals surface area contributed by atoms with Crippen molar-refractivity contribution in [2.45, 2.75) is 12.8 Å². The molecule has 5 N–H and O–H groups in total. The molecule has 1 aromatic carbocycles. The summed E-state index contributed by atoms with van der Waals surface area (Å²) in [5.74, 6) is 4.85. The highest BCUT2D eigenvalue weighted by Gasteiger charge is 2.12. The van der Waals surface area contributed by atoms with Crippen molar-refractivity contribution in [3.63, 3.8) is 0 Å². The predicted octanol–water partition coefficient (Wildman–Crippen LogP) is 0.461. The lowest BCUT2D eigenvalue weighted by molar-refractivity contribution is -0.116. The van der Waals surface area contributed by atoms with Gasteiger partial charge >= 0.3 is 5.97 Å². The van der Waals surface area contributed by atoms with Crippen molar-refractivity contribution in [2.24, 2.45) is 11.5 Å². The van der Waals surface area contributed by atoms with Gasteiger partial charge in [0, 0.05) is 17.7 Å². The number of nitrogens with two attached hydrogens (primary N) is 2. The second-order valence-electron chi connectivity index (χ2n) is 4.20. The van der Waals surface area contributed by atoms with Crippen LogP contribution in [0.25, 0.3) is 0 Å². The molecule has 6 nitrogen and oxygen atoms in total. The standard InChI is InChI=1S/C15H19N3O3/c1-21-15(20)13-7-6-12(10-11(13)4-2-8-16)18-14(19)5-3-9-17/h6-7,10H,3,5,8-9,16-17H2,1H3,(H,18,19). The number of benzene rings is 1. The Labute approximate surface area is 123 Å². The third kappa shape index (κ3) is 5.26. The molecule has 0 fully saturated rings. The molecular weight excluding hydrogens is 270 g/mol. The molecule has 0 atom stereocenters. The summed E-state index contributed by atoms with van der Waals surface area (Å²) in [5, 5.41) is 2.73. The highest BCUT2D eigenvalue weighted by atomic mass is 16.5. The minimum absolute atomic E-state index is 0.135. The fraction of sp³-hybridized carbons (Fsp3) is 0.333. The lowest BCUT2D eigenvalue weighted by atomic mass is 10.1. The average molecular weight is 289 g/mol. The van der Waals surface area contributed by atoms with Crippen LogP contribution in [0, 0.1) is 11.8 Å². The van der Waals surface area contributed by atoms with Gasteiger partial charge in [-0.05, 0) is 31.2 Å². The van der Waals surface area contributed by atoms with E-state index < -0.39 is 5.97 Å². The number of carbonyl (C=O) groups is 2. The van der Waals surface area contributed by atoms with Crippen molar-refractivity contribution in [1.29, 1.82) is 0 Å². The van der Waals surface area contributed by atoms with E-state index in [0.717, 1.165) is 0 Å². The predicted molar refractivity (Wildman–Crippen MR) is 80.6 cm³/mol. The Morgan fingerprint density at radius 2 is 2.10 bits per heavy atom. The lowest BCUT2D eigenvalue weighted by Crippen LogP contribution is -2.14. The molecule has 0 aromatic heterocycles. The van der Waals surface area contributed by atoms with E-state index in [9.17, 15) is 9.59 Å². The molecule has 0 radical (unpaired) electrons. The van der Waals surface area contributed by atoms with Crippen molar-refractivity contribution in [3.05, 3.63) is 29.3 Å². The Kier molecular flexibility index (Phi) is 6.95. The molecule has 0 aliphatic rings. The van der Waals surface area contributed by atoms with Gasteiger partial charge in [-0.1, -0.05) is 11.8 Å². The van der Waals surface area contributed by atoms with Crippen LogP contribution in [-0.2, 0) is 9.53 Å². The number of ether oxygens (including phenoxy) is 1. The number of anilines is 1. The van der Waals surface area contributed by atoms with E-state index in [1.165, 1.54) is 7.11 Å². The van der Waals surface area contributed by atoms with E-state index in [1.54, 1.807) is 18.2 Å². The first-order chi connectivity index (χ1) is 10.1. The Morgan fingerprint density at radius 1 is 1.33 bits per heavy atom. The van der Waals surface area contributed by atoms with Crippen LogP contribution in [0.1, 0.15) is 28.8 Å². The topological polar surface area (TPSA) is 107 Å². The summed E-state index contributed by atoms with van der Waals surface area (Å²) in [6, 6.07) is 4.81. The van der Waals surface area contributed by atoms with E-state index in [0.29, 0.717) is 36.2 Å². The van der Waals surface area contributed by atoms with E-state index in [2.05, 4.69) is 17.2 Å². The van der Waals surface area contributed by atoms with Crippen LogP contribution in [0.2, 0.25) is 0 Å². The summed E-state index contributed by atoms with van der Waals surface area (Å²) in [6.07, 6.45) is 0.963. The van der Waals surface area contributed by atoms with Crippen molar-refractivity contribution < 1.29 is 14.3 Å². The van der Waals surface area contributed by atoms with E-state index in [1.807, 2.05) is 0 Å². The molecule has 112 valence electrons. The maximum Gasteiger partial charge on any atom is 0.339 e. The Morgan fingerprint density at radius 3 is 2.71 bits per heavy atom. The van der Waals surface area contributed by atoms with Gasteiger partial charge in [-0.3, -0.25) is 4.79 Å². The van der Waals surface area contributed by atoms with Crippen LogP contribution in [0.5, 0.6) is 0 Å². The molecule has 0 aliphatic heterocycles. The fourth-order valence-corrected chi connectivity index (χ4v) is 1.65. The number of methoxy groups -OCH3 is 1. The van der Waals surface area contributed by atoms with Gasteiger partial charge in [-0.25, -0.2) is 4.79 Å². The van der Waals surface area contributed by atoms with Crippen LogP contribution < -0.4 is 16.8 Å². The van der Waals surface area contributed by atoms with Gasteiger partial charge in [0.05, 0.1) is 19.2 Å². The Hall–Kier alpha value is -2.36. The third-order valence-electron chi connectivity index (χ3n) is 2.64. The second kappa shape index (κ2) is 8.74. The van der Waals surface area contributed by atoms with Gasteiger partial charge < -0.3 is 21.5 Å². The summed E-state index contributed by atoms with van der Waals surface area (Å²) < 4.78 is 4.69. The van der Waals surface area contributed by atoms with Crippen LogP contribution >= 0.6 is 0 Å². The third-order valence-corrected chi connectivity index (χ3v) is 2.64. The van der Waals surface area contributed by atoms with E-state index in [4.69, 9.17) is 16.2 Å². The zero-order chi connectivity index (χ0) is 15.7. The molecule has 21 heavy (non-hydrogen) atoms. The van der Waals surface area contributed by atoms with Crippen LogP contribution in [-0.4, -0.2) is 32.1 Å². The number of amides is 1. The second-order valence-corrected chi connectivity index (χ2v) is 4.20. The van der Waals surface area contributed by atoms with Gasteiger partial charge in [0.25, 0.3) is 0 Å². The first-order valence-corrected chi connectivity index (χ1v) is 6.53. The largest absolute Gasteiger partial charge is 0.465 e. The number of nitrogens with one attached hydrogen (secondary N) is 1. The molecule has 0 unspecified atom stereocenters. The van der Waals surface area contributed by atoms with Crippen molar-refractivity contribution >= 4 is 17.6 Å². The number of hydrogen-bond donors (Lipinski definition) is 3. The van der Waals surface area contributed by atoms with Crippen molar-refractivity contribution in [1.82, 2.24) is 0 Å². The van der Waals surface area contributed by atoms with Crippen LogP contribution in [0.15, 0.2) is 18.2 Å². The molecule has 0 saturated carbocycles. The summed E-state index contributed by atoms with van der Waals surface area (Å²) in [7, 11) is 1.30. The first kappa shape index (κ1) is 16.7. The molecule has 0 bridgehead atoms. The molecule has 1 aromatic rings. The molecule has 0 aliphatic carbocycles. The molecule has 0 heterocycles. The minimum Gasteiger partial charge on any atom is -0.465 e. The quantitative estimate of drug-likeness (QED) is 0.539. The molecule has 0 spiro atoms. The van der Waals surface area contributed by atoms with Crippen LogP contribution in [0.4, 0.5) is 5.69 Å². The first-order valence-electron chi connectivity index (χ1n) is 6.53. The number of rotatable bonds is 5. The number of esters is 1. The average Bonchev–Trinajstić information content (AvgIpc) is 2.50. The Balaban J connectivity index is 2.98. The summed E-state index contributed by atoms with van der Waals surface area (Å²) in [6.45, 7) is 0.635. The molecular formula is C15H19N3O3. The van der Waals surface area contributed by atoms with Crippen LogP contribution in [0.3, 0.4) is 0 Å². The van der Waals surface area contributed by atoms with Gasteiger partial charge in [0.1, 0.15) is 0 Å². The van der Waals surface area contributed by atoms with Gasteiger partial charge in [0.2, 0.25) is 5.91 Å². The summed E-state index contributed by atoms with van der Waals surface area (Å²) in [5.41, 5.74) is 12.0. The Bertz CT molecular complexity index is 573. The van der Waals surface area contributed by atoms with E-state index >= 15 is 0 Å². The SMILES string of the molecule is COC(=O)c1ccc(NC(=O)CCCN)cc1C#CCN. The summed E-state index contributed by atoms with van der Waals surface area (Å²) in [4.78, 5) is 23.3. The van der Waals surface area contributed by atoms with Crippen molar-refractivity contribution in [3.8, 4) is 11.8 Å². The van der Waals surface area contributed by atoms with Gasteiger partial charge in [-0.2, -0.15) is 0 Å². The molecule has 6 heteroatoms. The van der Waals surface area contributed by atoms with E-state index in [-0.39, 0.29) is 12.5 Å². The molecule has 1 rings (SSSR count). The van der Waals surface area contributed by atoms with Crippen molar-refractivity contribution in [2.75, 3.05) is 25.5 Å². The highest BCUT2D eigenvalue weighted by molar-refractivity contribution is 5.95. The zero-order valence-electron chi connectivity index (χ0n) is 11.9. The normalized spacial score (nSPS) is 9.48. The fourth-order valence-electron chi connectivity index (χ4n) is 1.65. The molecule has 1 amide bonds. The zero-order valence-corrected chi connectivity index (χ0v) is 11.9.